The highest BCUT2D eigenvalue weighted by Gasteiger charge is 2.26. The maximum atomic E-state index is 13.4. The predicted octanol–water partition coefficient (Wildman–Crippen LogP) is 3.13. The van der Waals surface area contributed by atoms with E-state index < -0.39 is 5.82 Å². The van der Waals surface area contributed by atoms with Crippen molar-refractivity contribution in [1.29, 1.82) is 0 Å². The minimum absolute atomic E-state index is 0.0974. The molecule has 0 aromatic heterocycles. The third kappa shape index (κ3) is 2.96. The van der Waals surface area contributed by atoms with Gasteiger partial charge < -0.3 is 0 Å². The molecule has 3 heteroatoms. The van der Waals surface area contributed by atoms with Crippen molar-refractivity contribution in [3.05, 3.63) is 35.6 Å². The molecule has 2 rings (SSSR count). The quantitative estimate of drug-likeness (QED) is 0.764. The molecule has 1 aliphatic heterocycles. The van der Waals surface area contributed by atoms with Crippen LogP contribution in [0.25, 0.3) is 0 Å². The van der Waals surface area contributed by atoms with E-state index in [1.54, 1.807) is 18.2 Å². The standard InChI is InChI=1S/C15H20FNO/c1-11-9-12(2)17(10-11)8-7-15(18)13-5-3-4-6-14(13)16/h3-6,11-12H,7-10H2,1-2H3. The van der Waals surface area contributed by atoms with Crippen LogP contribution in [0.3, 0.4) is 0 Å². The Hall–Kier alpha value is -1.22. The van der Waals surface area contributed by atoms with Gasteiger partial charge in [-0.05, 0) is 31.4 Å². The number of likely N-dealkylation sites (tertiary alicyclic amines) is 1. The Bertz CT molecular complexity index is 432. The van der Waals surface area contributed by atoms with Gasteiger partial charge >= 0.3 is 0 Å². The van der Waals surface area contributed by atoms with E-state index in [2.05, 4.69) is 18.7 Å². The zero-order chi connectivity index (χ0) is 13.1. The number of nitrogens with zero attached hydrogens (tertiary/aromatic N) is 1. The molecular formula is C15H20FNO. The fraction of sp³-hybridized carbons (Fsp3) is 0.533. The first kappa shape index (κ1) is 13.2. The highest BCUT2D eigenvalue weighted by atomic mass is 19.1. The summed E-state index contributed by atoms with van der Waals surface area (Å²) < 4.78 is 13.4. The molecule has 0 amide bonds. The van der Waals surface area contributed by atoms with Gasteiger partial charge in [0.25, 0.3) is 0 Å². The number of ketones is 1. The van der Waals surface area contributed by atoms with E-state index in [1.807, 2.05) is 0 Å². The smallest absolute Gasteiger partial charge is 0.167 e. The number of rotatable bonds is 4. The molecule has 0 radical (unpaired) electrons. The second-order valence-corrected chi connectivity index (χ2v) is 5.34. The molecule has 98 valence electrons. The molecule has 1 heterocycles. The van der Waals surface area contributed by atoms with Gasteiger partial charge in [-0.2, -0.15) is 0 Å². The average molecular weight is 249 g/mol. The second-order valence-electron chi connectivity index (χ2n) is 5.34. The van der Waals surface area contributed by atoms with E-state index in [4.69, 9.17) is 0 Å². The highest BCUT2D eigenvalue weighted by molar-refractivity contribution is 5.96. The first-order chi connectivity index (χ1) is 8.58. The topological polar surface area (TPSA) is 20.3 Å². The first-order valence-corrected chi connectivity index (χ1v) is 6.59. The molecule has 0 aliphatic carbocycles. The summed E-state index contributed by atoms with van der Waals surface area (Å²) in [5.74, 6) is 0.189. The Morgan fingerprint density at radius 1 is 1.39 bits per heavy atom. The molecule has 1 aromatic carbocycles. The van der Waals surface area contributed by atoms with E-state index in [0.29, 0.717) is 18.4 Å². The van der Waals surface area contributed by atoms with Crippen LogP contribution in [-0.4, -0.2) is 29.8 Å². The van der Waals surface area contributed by atoms with Gasteiger partial charge in [0.15, 0.2) is 5.78 Å². The summed E-state index contributed by atoms with van der Waals surface area (Å²) in [6, 6.07) is 6.75. The molecule has 1 aromatic rings. The van der Waals surface area contributed by atoms with Crippen molar-refractivity contribution in [1.82, 2.24) is 4.90 Å². The molecular weight excluding hydrogens is 229 g/mol. The van der Waals surface area contributed by atoms with E-state index >= 15 is 0 Å². The minimum atomic E-state index is -0.412. The van der Waals surface area contributed by atoms with Gasteiger partial charge in [-0.15, -0.1) is 0 Å². The maximum Gasteiger partial charge on any atom is 0.167 e. The van der Waals surface area contributed by atoms with E-state index in [1.165, 1.54) is 12.5 Å². The van der Waals surface area contributed by atoms with Crippen molar-refractivity contribution in [3.8, 4) is 0 Å². The van der Waals surface area contributed by atoms with Crippen molar-refractivity contribution in [2.45, 2.75) is 32.7 Å². The number of Topliss-reactive ketones (excluding diaryl/α,β-unsaturated/α-hetero) is 1. The minimum Gasteiger partial charge on any atom is -0.300 e. The van der Waals surface area contributed by atoms with Crippen LogP contribution in [0.15, 0.2) is 24.3 Å². The van der Waals surface area contributed by atoms with Crippen molar-refractivity contribution in [3.63, 3.8) is 0 Å². The lowest BCUT2D eigenvalue weighted by Crippen LogP contribution is -2.29. The summed E-state index contributed by atoms with van der Waals surface area (Å²) >= 11 is 0. The predicted molar refractivity (Wildman–Crippen MR) is 70.2 cm³/mol. The Labute approximate surface area is 108 Å². The fourth-order valence-electron chi connectivity index (χ4n) is 2.77. The van der Waals surface area contributed by atoms with Gasteiger partial charge in [0.05, 0.1) is 5.56 Å². The monoisotopic (exact) mass is 249 g/mol. The van der Waals surface area contributed by atoms with Crippen molar-refractivity contribution < 1.29 is 9.18 Å². The van der Waals surface area contributed by atoms with Crippen molar-refractivity contribution in [2.24, 2.45) is 5.92 Å². The summed E-state index contributed by atoms with van der Waals surface area (Å²) in [7, 11) is 0. The number of halogens is 1. The van der Waals surface area contributed by atoms with Gasteiger partial charge in [-0.25, -0.2) is 4.39 Å². The summed E-state index contributed by atoms with van der Waals surface area (Å²) in [6.45, 7) is 6.21. The third-order valence-electron chi connectivity index (χ3n) is 3.71. The van der Waals surface area contributed by atoms with Crippen LogP contribution < -0.4 is 0 Å². The highest BCUT2D eigenvalue weighted by Crippen LogP contribution is 2.22. The van der Waals surface area contributed by atoms with E-state index in [9.17, 15) is 9.18 Å². The number of benzene rings is 1. The van der Waals surface area contributed by atoms with E-state index in [0.717, 1.165) is 13.1 Å². The molecule has 0 spiro atoms. The first-order valence-electron chi connectivity index (χ1n) is 6.59. The molecule has 0 N–H and O–H groups in total. The van der Waals surface area contributed by atoms with Gasteiger partial charge in [0, 0.05) is 25.6 Å². The molecule has 2 atom stereocenters. The molecule has 0 saturated carbocycles. The van der Waals surface area contributed by atoms with Gasteiger partial charge in [0.1, 0.15) is 5.82 Å². The fourth-order valence-corrected chi connectivity index (χ4v) is 2.77. The Morgan fingerprint density at radius 3 is 2.72 bits per heavy atom. The average Bonchev–Trinajstić information content (AvgIpc) is 2.65. The lowest BCUT2D eigenvalue weighted by molar-refractivity contribution is 0.0958. The maximum absolute atomic E-state index is 13.4. The zero-order valence-corrected chi connectivity index (χ0v) is 11.0. The van der Waals surface area contributed by atoms with Crippen molar-refractivity contribution >= 4 is 5.78 Å². The van der Waals surface area contributed by atoms with E-state index in [-0.39, 0.29) is 11.3 Å². The van der Waals surface area contributed by atoms with Gasteiger partial charge in [-0.3, -0.25) is 9.69 Å². The molecule has 1 aliphatic rings. The summed E-state index contributed by atoms with van der Waals surface area (Å²) in [4.78, 5) is 14.3. The molecule has 18 heavy (non-hydrogen) atoms. The summed E-state index contributed by atoms with van der Waals surface area (Å²) in [6.07, 6.45) is 1.59. The molecule has 1 saturated heterocycles. The van der Waals surface area contributed by atoms with Crippen LogP contribution in [0.5, 0.6) is 0 Å². The van der Waals surface area contributed by atoms with Crippen LogP contribution in [0.2, 0.25) is 0 Å². The van der Waals surface area contributed by atoms with Crippen molar-refractivity contribution in [2.75, 3.05) is 13.1 Å². The zero-order valence-electron chi connectivity index (χ0n) is 11.0. The normalized spacial score (nSPS) is 24.4. The lowest BCUT2D eigenvalue weighted by Gasteiger charge is -2.20. The number of carbonyl (C=O) groups excluding carboxylic acids is 1. The van der Waals surface area contributed by atoms with Crippen LogP contribution >= 0.6 is 0 Å². The molecule has 2 unspecified atom stereocenters. The van der Waals surface area contributed by atoms with Gasteiger partial charge in [-0.1, -0.05) is 19.1 Å². The number of carbonyl (C=O) groups is 1. The Balaban J connectivity index is 1.91. The van der Waals surface area contributed by atoms with Crippen LogP contribution in [0.1, 0.15) is 37.0 Å². The Kier molecular flexibility index (Phi) is 4.12. The Morgan fingerprint density at radius 2 is 2.11 bits per heavy atom. The van der Waals surface area contributed by atoms with Crippen LogP contribution in [0.4, 0.5) is 4.39 Å². The summed E-state index contributed by atoms with van der Waals surface area (Å²) in [5.41, 5.74) is 0.220. The van der Waals surface area contributed by atoms with Gasteiger partial charge in [0.2, 0.25) is 0 Å². The largest absolute Gasteiger partial charge is 0.300 e. The third-order valence-corrected chi connectivity index (χ3v) is 3.71. The molecule has 0 bridgehead atoms. The second kappa shape index (κ2) is 5.61. The summed E-state index contributed by atoms with van der Waals surface area (Å²) in [5, 5.41) is 0. The molecule has 1 fully saturated rings. The van der Waals surface area contributed by atoms with Crippen LogP contribution in [0, 0.1) is 11.7 Å². The van der Waals surface area contributed by atoms with Crippen LogP contribution in [-0.2, 0) is 0 Å². The lowest BCUT2D eigenvalue weighted by atomic mass is 10.1. The molecule has 2 nitrogen and oxygen atoms in total. The number of hydrogen-bond donors (Lipinski definition) is 0. The number of hydrogen-bond acceptors (Lipinski definition) is 2. The SMILES string of the molecule is CC1CC(C)N(CCC(=O)c2ccccc2F)C1.